The van der Waals surface area contributed by atoms with Crippen LogP contribution in [0.3, 0.4) is 0 Å². The first-order valence-corrected chi connectivity index (χ1v) is 8.61. The molecule has 1 amide bonds. The van der Waals surface area contributed by atoms with E-state index in [4.69, 9.17) is 9.47 Å². The number of halogens is 2. The summed E-state index contributed by atoms with van der Waals surface area (Å²) in [5.74, 6) is -3.34. The van der Waals surface area contributed by atoms with Gasteiger partial charge in [-0.25, -0.2) is 4.79 Å². The summed E-state index contributed by atoms with van der Waals surface area (Å²) < 4.78 is 34.9. The Balaban J connectivity index is 1.87. The molecule has 0 aliphatic heterocycles. The lowest BCUT2D eigenvalue weighted by Gasteiger charge is -2.10. The van der Waals surface area contributed by atoms with Gasteiger partial charge in [-0.15, -0.1) is 0 Å². The van der Waals surface area contributed by atoms with E-state index in [-0.39, 0.29) is 5.56 Å². The molecule has 0 heterocycles. The lowest BCUT2D eigenvalue weighted by molar-refractivity contribution is -0.119. The van der Waals surface area contributed by atoms with Crippen molar-refractivity contribution in [1.82, 2.24) is 0 Å². The molecule has 0 saturated heterocycles. The molecule has 0 radical (unpaired) electrons. The molecular weight excluding hydrogens is 364 g/mol. The van der Waals surface area contributed by atoms with Crippen LogP contribution >= 0.6 is 11.8 Å². The number of rotatable bonds is 8. The molecule has 0 aliphatic rings. The number of carbonyl (C=O) groups excluding carboxylic acids is 2. The minimum atomic E-state index is -2.51. The highest BCUT2D eigenvalue weighted by Crippen LogP contribution is 2.26. The second kappa shape index (κ2) is 9.76. The third kappa shape index (κ3) is 6.03. The molecule has 0 atom stereocenters. The zero-order valence-electron chi connectivity index (χ0n) is 13.9. The average molecular weight is 381 g/mol. The standard InChI is InChI=1S/C18H17F2NO4S/c1-2-24-15-6-4-3-5-14(15)17(23)25-11-16(22)21-12-7-9-13(10-8-12)26-18(19)20/h3-10,18H,2,11H2,1H3,(H,21,22). The van der Waals surface area contributed by atoms with E-state index in [1.165, 1.54) is 24.3 Å². The third-order valence-electron chi connectivity index (χ3n) is 3.10. The molecule has 0 unspecified atom stereocenters. The normalized spacial score (nSPS) is 10.5. The summed E-state index contributed by atoms with van der Waals surface area (Å²) in [4.78, 5) is 24.4. The van der Waals surface area contributed by atoms with E-state index in [9.17, 15) is 18.4 Å². The van der Waals surface area contributed by atoms with E-state index >= 15 is 0 Å². The van der Waals surface area contributed by atoms with Crippen LogP contribution in [-0.4, -0.2) is 30.8 Å². The molecule has 0 aliphatic carbocycles. The van der Waals surface area contributed by atoms with Gasteiger partial charge in [0.1, 0.15) is 11.3 Å². The Morgan fingerprint density at radius 3 is 2.46 bits per heavy atom. The Bertz CT molecular complexity index is 753. The predicted octanol–water partition coefficient (Wildman–Crippen LogP) is 4.20. The quantitative estimate of drug-likeness (QED) is 0.549. The molecule has 5 nitrogen and oxygen atoms in total. The van der Waals surface area contributed by atoms with Crippen LogP contribution in [0.5, 0.6) is 5.75 Å². The molecule has 8 heteroatoms. The number of hydrogen-bond acceptors (Lipinski definition) is 5. The first-order valence-electron chi connectivity index (χ1n) is 7.73. The van der Waals surface area contributed by atoms with Gasteiger partial charge in [0.2, 0.25) is 0 Å². The number of alkyl halides is 2. The van der Waals surface area contributed by atoms with Crippen LogP contribution < -0.4 is 10.1 Å². The summed E-state index contributed by atoms with van der Waals surface area (Å²) >= 11 is 0.416. The van der Waals surface area contributed by atoms with Crippen molar-refractivity contribution >= 4 is 29.3 Å². The van der Waals surface area contributed by atoms with Crippen LogP contribution in [0.4, 0.5) is 14.5 Å². The zero-order valence-corrected chi connectivity index (χ0v) is 14.7. The summed E-state index contributed by atoms with van der Waals surface area (Å²) in [5, 5.41) is 2.52. The predicted molar refractivity (Wildman–Crippen MR) is 94.8 cm³/mol. The van der Waals surface area contributed by atoms with Gasteiger partial charge in [0.15, 0.2) is 6.61 Å². The molecule has 0 spiro atoms. The Morgan fingerprint density at radius 2 is 1.81 bits per heavy atom. The molecule has 0 bridgehead atoms. The van der Waals surface area contributed by atoms with Crippen molar-refractivity contribution in [2.45, 2.75) is 17.6 Å². The van der Waals surface area contributed by atoms with Gasteiger partial charge in [0.25, 0.3) is 11.7 Å². The van der Waals surface area contributed by atoms with Gasteiger partial charge in [-0.1, -0.05) is 23.9 Å². The van der Waals surface area contributed by atoms with Gasteiger partial charge in [0, 0.05) is 10.6 Å². The van der Waals surface area contributed by atoms with Gasteiger partial charge in [-0.05, 0) is 43.3 Å². The number of hydrogen-bond donors (Lipinski definition) is 1. The summed E-state index contributed by atoms with van der Waals surface area (Å²) in [6.07, 6.45) is 0. The lowest BCUT2D eigenvalue weighted by Crippen LogP contribution is -2.21. The Hall–Kier alpha value is -2.61. The van der Waals surface area contributed by atoms with Gasteiger partial charge < -0.3 is 14.8 Å². The van der Waals surface area contributed by atoms with E-state index < -0.39 is 24.2 Å². The van der Waals surface area contributed by atoms with Gasteiger partial charge in [-0.2, -0.15) is 8.78 Å². The van der Waals surface area contributed by atoms with Crippen molar-refractivity contribution in [2.75, 3.05) is 18.5 Å². The first kappa shape index (κ1) is 19.7. The second-order valence-electron chi connectivity index (χ2n) is 4.96. The van der Waals surface area contributed by atoms with Gasteiger partial charge in [-0.3, -0.25) is 4.79 Å². The monoisotopic (exact) mass is 381 g/mol. The molecule has 0 aromatic heterocycles. The van der Waals surface area contributed by atoms with E-state index in [2.05, 4.69) is 5.32 Å². The number of anilines is 1. The van der Waals surface area contributed by atoms with Gasteiger partial charge >= 0.3 is 5.97 Å². The summed E-state index contributed by atoms with van der Waals surface area (Å²) in [6, 6.07) is 12.5. The number of nitrogens with one attached hydrogen (secondary N) is 1. The molecule has 0 saturated carbocycles. The van der Waals surface area contributed by atoms with Crippen LogP contribution in [0, 0.1) is 0 Å². The first-order chi connectivity index (χ1) is 12.5. The lowest BCUT2D eigenvalue weighted by atomic mass is 10.2. The van der Waals surface area contributed by atoms with Crippen molar-refractivity contribution in [3.63, 3.8) is 0 Å². The topological polar surface area (TPSA) is 64.6 Å². The molecule has 2 aromatic rings. The highest BCUT2D eigenvalue weighted by atomic mass is 32.2. The van der Waals surface area contributed by atoms with E-state index in [0.29, 0.717) is 34.7 Å². The largest absolute Gasteiger partial charge is 0.493 e. The van der Waals surface area contributed by atoms with Crippen molar-refractivity contribution in [1.29, 1.82) is 0 Å². The van der Waals surface area contributed by atoms with Crippen molar-refractivity contribution in [2.24, 2.45) is 0 Å². The van der Waals surface area contributed by atoms with Crippen molar-refractivity contribution in [3.05, 3.63) is 54.1 Å². The summed E-state index contributed by atoms with van der Waals surface area (Å²) in [7, 11) is 0. The molecule has 2 rings (SSSR count). The summed E-state index contributed by atoms with van der Waals surface area (Å²) in [5.41, 5.74) is 0.648. The Kier molecular flexibility index (Phi) is 7.40. The maximum atomic E-state index is 12.3. The Morgan fingerprint density at radius 1 is 1.12 bits per heavy atom. The number of ether oxygens (including phenoxy) is 2. The summed E-state index contributed by atoms with van der Waals surface area (Å²) in [6.45, 7) is 1.71. The van der Waals surface area contributed by atoms with Gasteiger partial charge in [0.05, 0.1) is 6.61 Å². The minimum absolute atomic E-state index is 0.232. The van der Waals surface area contributed by atoms with Crippen molar-refractivity contribution < 1.29 is 27.8 Å². The SMILES string of the molecule is CCOc1ccccc1C(=O)OCC(=O)Nc1ccc(SC(F)F)cc1. The zero-order chi connectivity index (χ0) is 18.9. The van der Waals surface area contributed by atoms with Crippen LogP contribution in [0.15, 0.2) is 53.4 Å². The van der Waals surface area contributed by atoms with E-state index in [1.807, 2.05) is 0 Å². The third-order valence-corrected chi connectivity index (χ3v) is 3.83. The van der Waals surface area contributed by atoms with Crippen LogP contribution in [0.1, 0.15) is 17.3 Å². The second-order valence-corrected chi connectivity index (χ2v) is 6.02. The smallest absolute Gasteiger partial charge is 0.342 e. The maximum Gasteiger partial charge on any atom is 0.342 e. The van der Waals surface area contributed by atoms with E-state index in [0.717, 1.165) is 0 Å². The average Bonchev–Trinajstić information content (AvgIpc) is 2.62. The fourth-order valence-corrected chi connectivity index (χ4v) is 2.54. The van der Waals surface area contributed by atoms with E-state index in [1.54, 1.807) is 31.2 Å². The number of carbonyl (C=O) groups is 2. The number of para-hydroxylation sites is 1. The van der Waals surface area contributed by atoms with Crippen molar-refractivity contribution in [3.8, 4) is 5.75 Å². The Labute approximate surface area is 153 Å². The minimum Gasteiger partial charge on any atom is -0.493 e. The maximum absolute atomic E-state index is 12.3. The molecule has 0 fully saturated rings. The molecular formula is C18H17F2NO4S. The fraction of sp³-hybridized carbons (Fsp3) is 0.222. The fourth-order valence-electron chi connectivity index (χ4n) is 2.04. The number of thioether (sulfide) groups is 1. The van der Waals surface area contributed by atoms with Crippen LogP contribution in [0.2, 0.25) is 0 Å². The highest BCUT2D eigenvalue weighted by molar-refractivity contribution is 7.99. The number of esters is 1. The molecule has 26 heavy (non-hydrogen) atoms. The molecule has 138 valence electrons. The van der Waals surface area contributed by atoms with Crippen LogP contribution in [0.25, 0.3) is 0 Å². The molecule has 2 aromatic carbocycles. The van der Waals surface area contributed by atoms with Crippen LogP contribution in [-0.2, 0) is 9.53 Å². The number of amides is 1. The highest BCUT2D eigenvalue weighted by Gasteiger charge is 2.15. The molecule has 1 N–H and O–H groups in total. The number of benzene rings is 2.